The van der Waals surface area contributed by atoms with Gasteiger partial charge in [0.1, 0.15) is 5.69 Å². The van der Waals surface area contributed by atoms with Gasteiger partial charge in [-0.25, -0.2) is 22.5 Å². The van der Waals surface area contributed by atoms with Crippen molar-refractivity contribution in [3.8, 4) is 5.69 Å². The Kier molecular flexibility index (Phi) is 5.34. The number of H-pyrrole nitrogens is 2. The number of aromatic nitrogens is 3. The number of hydrogen-bond donors (Lipinski definition) is 3. The van der Waals surface area contributed by atoms with Crippen LogP contribution in [0.5, 0.6) is 0 Å². The summed E-state index contributed by atoms with van der Waals surface area (Å²) in [5, 5.41) is 0.794. The van der Waals surface area contributed by atoms with E-state index in [-0.39, 0.29) is 21.7 Å². The lowest BCUT2D eigenvalue weighted by molar-refractivity contribution is 0.0977. The molecule has 5 rings (SSSR count). The summed E-state index contributed by atoms with van der Waals surface area (Å²) in [4.78, 5) is 44.9. The fraction of sp³-hybridized carbons (Fsp3) is 0.0417. The van der Waals surface area contributed by atoms with Crippen molar-refractivity contribution in [2.45, 2.75) is 11.8 Å². The van der Waals surface area contributed by atoms with E-state index in [9.17, 15) is 22.8 Å². The molecule has 9 nitrogen and oxygen atoms in total. The molecule has 35 heavy (non-hydrogen) atoms. The standard InChI is InChI=1S/C24H17ClN4O5S/c1-13-6-9-15(10-7-13)35(33,34)28-22(30)20-21(17-12-14(25)8-11-19(17)26-20)29-23(31)16-4-2-3-5-18(16)27-24(29)32/h2-12,26H,1H3,(H,27,32)(H,28,30). The van der Waals surface area contributed by atoms with Crippen molar-refractivity contribution in [1.82, 2.24) is 19.3 Å². The number of nitrogens with zero attached hydrogens (tertiary/aromatic N) is 1. The van der Waals surface area contributed by atoms with Gasteiger partial charge >= 0.3 is 5.69 Å². The van der Waals surface area contributed by atoms with Crippen LogP contribution in [0.25, 0.3) is 27.5 Å². The molecule has 3 N–H and O–H groups in total. The van der Waals surface area contributed by atoms with Crippen LogP contribution in [0.1, 0.15) is 16.1 Å². The Balaban J connectivity index is 1.74. The summed E-state index contributed by atoms with van der Waals surface area (Å²) in [6.07, 6.45) is 0. The Bertz CT molecular complexity index is 1870. The molecule has 0 bridgehead atoms. The van der Waals surface area contributed by atoms with E-state index in [4.69, 9.17) is 11.6 Å². The first-order valence-corrected chi connectivity index (χ1v) is 12.2. The fourth-order valence-electron chi connectivity index (χ4n) is 3.86. The largest absolute Gasteiger partial charge is 0.349 e. The van der Waals surface area contributed by atoms with Crippen molar-refractivity contribution < 1.29 is 13.2 Å². The number of benzene rings is 3. The third-order valence-corrected chi connectivity index (χ3v) is 7.13. The summed E-state index contributed by atoms with van der Waals surface area (Å²) in [6, 6.07) is 17.0. The third kappa shape index (κ3) is 3.92. The van der Waals surface area contributed by atoms with Crippen LogP contribution in [0.4, 0.5) is 0 Å². The highest BCUT2D eigenvalue weighted by Crippen LogP contribution is 2.28. The second kappa shape index (κ2) is 8.26. The smallest absolute Gasteiger partial charge is 0.333 e. The summed E-state index contributed by atoms with van der Waals surface area (Å²) in [5.74, 6) is -1.05. The highest BCUT2D eigenvalue weighted by Gasteiger charge is 2.26. The number of carbonyl (C=O) groups excluding carboxylic acids is 1. The Morgan fingerprint density at radius 2 is 1.60 bits per heavy atom. The minimum atomic E-state index is -4.24. The van der Waals surface area contributed by atoms with Gasteiger partial charge in [-0.2, -0.15) is 0 Å². The van der Waals surface area contributed by atoms with E-state index in [1.54, 1.807) is 49.4 Å². The van der Waals surface area contributed by atoms with Gasteiger partial charge in [0, 0.05) is 15.9 Å². The minimum absolute atomic E-state index is 0.113. The maximum absolute atomic E-state index is 13.3. The number of amides is 1. The molecule has 0 aliphatic carbocycles. The van der Waals surface area contributed by atoms with E-state index < -0.39 is 27.2 Å². The van der Waals surface area contributed by atoms with Crippen molar-refractivity contribution in [2.75, 3.05) is 0 Å². The average molecular weight is 509 g/mol. The van der Waals surface area contributed by atoms with Gasteiger partial charge in [-0.15, -0.1) is 0 Å². The first-order valence-electron chi connectivity index (χ1n) is 10.4. The third-order valence-electron chi connectivity index (χ3n) is 5.55. The summed E-state index contributed by atoms with van der Waals surface area (Å²) < 4.78 is 28.5. The van der Waals surface area contributed by atoms with Crippen LogP contribution < -0.4 is 16.0 Å². The molecule has 1 amide bonds. The number of fused-ring (bicyclic) bond motifs is 2. The van der Waals surface area contributed by atoms with E-state index in [1.807, 2.05) is 4.72 Å². The van der Waals surface area contributed by atoms with Crippen molar-refractivity contribution >= 4 is 49.3 Å². The maximum atomic E-state index is 13.3. The molecule has 0 aliphatic rings. The van der Waals surface area contributed by atoms with Crippen LogP contribution in [-0.4, -0.2) is 28.9 Å². The second-order valence-corrected chi connectivity index (χ2v) is 10.0. The van der Waals surface area contributed by atoms with Crippen molar-refractivity contribution in [2.24, 2.45) is 0 Å². The fourth-order valence-corrected chi connectivity index (χ4v) is 4.99. The summed E-state index contributed by atoms with van der Waals surface area (Å²) in [7, 11) is -4.24. The quantitative estimate of drug-likeness (QED) is 0.342. The molecule has 0 unspecified atom stereocenters. The Labute approximate surface area is 203 Å². The van der Waals surface area contributed by atoms with E-state index in [0.717, 1.165) is 10.1 Å². The van der Waals surface area contributed by atoms with Gasteiger partial charge in [0.25, 0.3) is 21.5 Å². The SMILES string of the molecule is Cc1ccc(S(=O)(=O)NC(=O)c2[nH]c3ccc(Cl)cc3c2-n2c(=O)[nH]c3ccccc3c2=O)cc1. The van der Waals surface area contributed by atoms with Crippen LogP contribution in [0.3, 0.4) is 0 Å². The predicted octanol–water partition coefficient (Wildman–Crippen LogP) is 3.24. The van der Waals surface area contributed by atoms with Crippen LogP contribution in [0, 0.1) is 6.92 Å². The molecule has 0 saturated heterocycles. The maximum Gasteiger partial charge on any atom is 0.333 e. The number of sulfonamides is 1. The Morgan fingerprint density at radius 3 is 2.34 bits per heavy atom. The zero-order chi connectivity index (χ0) is 24.9. The van der Waals surface area contributed by atoms with Gasteiger partial charge in [-0.3, -0.25) is 9.59 Å². The monoisotopic (exact) mass is 508 g/mol. The molecule has 3 aromatic carbocycles. The average Bonchev–Trinajstić information content (AvgIpc) is 3.18. The van der Waals surface area contributed by atoms with Crippen molar-refractivity contribution in [3.63, 3.8) is 0 Å². The summed E-state index contributed by atoms with van der Waals surface area (Å²) in [6.45, 7) is 1.80. The Hall–Kier alpha value is -4.15. The molecule has 0 aliphatic heterocycles. The molecule has 2 heterocycles. The number of carbonyl (C=O) groups is 1. The molecular weight excluding hydrogens is 492 g/mol. The van der Waals surface area contributed by atoms with Crippen LogP contribution in [0.15, 0.2) is 81.2 Å². The Morgan fingerprint density at radius 1 is 0.914 bits per heavy atom. The summed E-state index contributed by atoms with van der Waals surface area (Å²) in [5.41, 5.74) is -0.339. The van der Waals surface area contributed by atoms with Gasteiger partial charge in [-0.05, 0) is 49.4 Å². The topological polar surface area (TPSA) is 134 Å². The number of rotatable bonds is 4. The van der Waals surface area contributed by atoms with Crippen molar-refractivity contribution in [1.29, 1.82) is 0 Å². The molecule has 5 aromatic rings. The van der Waals surface area contributed by atoms with E-state index >= 15 is 0 Å². The minimum Gasteiger partial charge on any atom is -0.349 e. The van der Waals surface area contributed by atoms with Gasteiger partial charge in [0.05, 0.1) is 21.5 Å². The lowest BCUT2D eigenvalue weighted by Crippen LogP contribution is -2.36. The van der Waals surface area contributed by atoms with Gasteiger partial charge in [0.15, 0.2) is 0 Å². The van der Waals surface area contributed by atoms with Gasteiger partial charge in [-0.1, -0.05) is 41.4 Å². The first kappa shape index (κ1) is 22.6. The lowest BCUT2D eigenvalue weighted by atomic mass is 10.2. The zero-order valence-electron chi connectivity index (χ0n) is 18.1. The number of halogens is 1. The zero-order valence-corrected chi connectivity index (χ0v) is 19.7. The molecule has 0 spiro atoms. The number of aromatic amines is 2. The highest BCUT2D eigenvalue weighted by atomic mass is 35.5. The molecular formula is C24H17ClN4O5S. The predicted molar refractivity (Wildman–Crippen MR) is 133 cm³/mol. The highest BCUT2D eigenvalue weighted by molar-refractivity contribution is 7.90. The van der Waals surface area contributed by atoms with Crippen molar-refractivity contribution in [3.05, 3.63) is 104 Å². The van der Waals surface area contributed by atoms with Gasteiger partial charge in [0.2, 0.25) is 0 Å². The molecule has 11 heteroatoms. The first-order chi connectivity index (χ1) is 16.7. The molecule has 0 radical (unpaired) electrons. The molecule has 0 atom stereocenters. The number of hydrogen-bond acceptors (Lipinski definition) is 5. The molecule has 2 aromatic heterocycles. The molecule has 176 valence electrons. The molecule has 0 saturated carbocycles. The van der Waals surface area contributed by atoms with Crippen LogP contribution in [0.2, 0.25) is 5.02 Å². The number of nitrogens with one attached hydrogen (secondary N) is 3. The number of aryl methyl sites for hydroxylation is 1. The number of para-hydroxylation sites is 1. The normalized spacial score (nSPS) is 11.7. The second-order valence-electron chi connectivity index (χ2n) is 7.90. The van der Waals surface area contributed by atoms with E-state index in [2.05, 4.69) is 9.97 Å². The van der Waals surface area contributed by atoms with E-state index in [1.165, 1.54) is 24.3 Å². The van der Waals surface area contributed by atoms with E-state index in [0.29, 0.717) is 21.4 Å². The van der Waals surface area contributed by atoms with Crippen LogP contribution >= 0.6 is 11.6 Å². The van der Waals surface area contributed by atoms with Gasteiger partial charge < -0.3 is 9.97 Å². The molecule has 0 fully saturated rings. The van der Waals surface area contributed by atoms with Crippen LogP contribution in [-0.2, 0) is 10.0 Å². The lowest BCUT2D eigenvalue weighted by Gasteiger charge is -2.10. The summed E-state index contributed by atoms with van der Waals surface area (Å²) >= 11 is 6.16.